The summed E-state index contributed by atoms with van der Waals surface area (Å²) >= 11 is 0. The highest BCUT2D eigenvalue weighted by Crippen LogP contribution is 2.37. The molecule has 0 radical (unpaired) electrons. The molecule has 19 heavy (non-hydrogen) atoms. The van der Waals surface area contributed by atoms with Gasteiger partial charge in [0.1, 0.15) is 5.75 Å². The van der Waals surface area contributed by atoms with Gasteiger partial charge in [-0.2, -0.15) is 0 Å². The zero-order valence-electron chi connectivity index (χ0n) is 12.1. The van der Waals surface area contributed by atoms with Crippen LogP contribution < -0.4 is 10.1 Å². The van der Waals surface area contributed by atoms with Crippen LogP contribution in [0.5, 0.6) is 5.75 Å². The Morgan fingerprint density at radius 3 is 2.42 bits per heavy atom. The van der Waals surface area contributed by atoms with E-state index in [9.17, 15) is 5.11 Å². The molecule has 1 aromatic carbocycles. The maximum absolute atomic E-state index is 9.23. The fourth-order valence-electron chi connectivity index (χ4n) is 2.41. The van der Waals surface area contributed by atoms with E-state index in [1.165, 1.54) is 18.4 Å². The Morgan fingerprint density at radius 1 is 1.26 bits per heavy atom. The van der Waals surface area contributed by atoms with E-state index in [-0.39, 0.29) is 12.0 Å². The van der Waals surface area contributed by atoms with Crippen molar-refractivity contribution in [2.75, 3.05) is 20.3 Å². The van der Waals surface area contributed by atoms with Crippen molar-refractivity contribution >= 4 is 0 Å². The summed E-state index contributed by atoms with van der Waals surface area (Å²) in [5.74, 6) is 1.59. The zero-order chi connectivity index (χ0) is 13.9. The molecule has 3 heteroatoms. The summed E-state index contributed by atoms with van der Waals surface area (Å²) in [6.07, 6.45) is 2.38. The molecule has 1 saturated carbocycles. The van der Waals surface area contributed by atoms with Crippen LogP contribution in [0.4, 0.5) is 0 Å². The summed E-state index contributed by atoms with van der Waals surface area (Å²) in [5, 5.41) is 12.8. The van der Waals surface area contributed by atoms with Crippen LogP contribution in [0.1, 0.15) is 38.2 Å². The average molecular weight is 263 g/mol. The van der Waals surface area contributed by atoms with Gasteiger partial charge in [0, 0.05) is 24.6 Å². The van der Waals surface area contributed by atoms with Crippen LogP contribution in [0.3, 0.4) is 0 Å². The maximum Gasteiger partial charge on any atom is 0.118 e. The minimum Gasteiger partial charge on any atom is -0.497 e. The fraction of sp³-hybridized carbons (Fsp3) is 0.625. The number of hydrogen-bond donors (Lipinski definition) is 2. The van der Waals surface area contributed by atoms with Gasteiger partial charge in [-0.15, -0.1) is 0 Å². The lowest BCUT2D eigenvalue weighted by atomic mass is 9.75. The predicted molar refractivity (Wildman–Crippen MR) is 77.6 cm³/mol. The number of methoxy groups -OCH3 is 1. The van der Waals surface area contributed by atoms with Gasteiger partial charge < -0.3 is 15.2 Å². The van der Waals surface area contributed by atoms with Gasteiger partial charge >= 0.3 is 0 Å². The molecule has 0 heterocycles. The Bertz CT molecular complexity index is 394. The van der Waals surface area contributed by atoms with Crippen molar-refractivity contribution < 1.29 is 9.84 Å². The molecule has 2 rings (SSSR count). The van der Waals surface area contributed by atoms with E-state index < -0.39 is 0 Å². The molecule has 0 aliphatic heterocycles. The number of hydrogen-bond acceptors (Lipinski definition) is 3. The van der Waals surface area contributed by atoms with Crippen molar-refractivity contribution in [3.05, 3.63) is 29.8 Å². The molecule has 0 bridgehead atoms. The van der Waals surface area contributed by atoms with Crippen LogP contribution in [0, 0.1) is 5.41 Å². The average Bonchev–Trinajstić information content (AvgIpc) is 2.37. The molecule has 0 spiro atoms. The summed E-state index contributed by atoms with van der Waals surface area (Å²) in [7, 11) is 1.70. The molecule has 2 N–H and O–H groups in total. The van der Waals surface area contributed by atoms with Crippen molar-refractivity contribution in [3.63, 3.8) is 0 Å². The van der Waals surface area contributed by atoms with E-state index in [0.29, 0.717) is 12.0 Å². The first-order chi connectivity index (χ1) is 9.04. The third kappa shape index (κ3) is 3.71. The molecule has 0 saturated heterocycles. The van der Waals surface area contributed by atoms with Crippen LogP contribution in [-0.2, 0) is 0 Å². The summed E-state index contributed by atoms with van der Waals surface area (Å²) in [4.78, 5) is 0. The first-order valence-corrected chi connectivity index (χ1v) is 7.02. The largest absolute Gasteiger partial charge is 0.497 e. The molecular formula is C16H25NO2. The number of aliphatic hydroxyl groups excluding tert-OH is 1. The smallest absolute Gasteiger partial charge is 0.118 e. The summed E-state index contributed by atoms with van der Waals surface area (Å²) in [6.45, 7) is 5.28. The van der Waals surface area contributed by atoms with Crippen LogP contribution in [-0.4, -0.2) is 31.4 Å². The predicted octanol–water partition coefficient (Wildman–Crippen LogP) is 2.55. The van der Waals surface area contributed by atoms with Crippen molar-refractivity contribution in [1.29, 1.82) is 0 Å². The normalized spacial score (nSPS) is 22.9. The van der Waals surface area contributed by atoms with Crippen LogP contribution in [0.25, 0.3) is 0 Å². The molecule has 0 aromatic heterocycles. The number of aliphatic hydroxyl groups is 1. The molecule has 106 valence electrons. The summed E-state index contributed by atoms with van der Waals surface area (Å²) < 4.78 is 5.17. The van der Waals surface area contributed by atoms with E-state index >= 15 is 0 Å². The highest BCUT2D eigenvalue weighted by atomic mass is 16.5. The Labute approximate surface area is 116 Å². The van der Waals surface area contributed by atoms with Crippen molar-refractivity contribution in [2.45, 2.75) is 38.6 Å². The van der Waals surface area contributed by atoms with Gasteiger partial charge in [-0.05, 0) is 36.5 Å². The first kappa shape index (κ1) is 14.4. The topological polar surface area (TPSA) is 41.5 Å². The Balaban J connectivity index is 1.76. The van der Waals surface area contributed by atoms with Crippen molar-refractivity contribution in [2.24, 2.45) is 5.41 Å². The molecule has 1 fully saturated rings. The quantitative estimate of drug-likeness (QED) is 0.829. The highest BCUT2D eigenvalue weighted by Gasteiger charge is 2.31. The van der Waals surface area contributed by atoms with Crippen molar-refractivity contribution in [1.82, 2.24) is 5.32 Å². The molecule has 0 amide bonds. The van der Waals surface area contributed by atoms with Gasteiger partial charge in [-0.1, -0.05) is 26.0 Å². The lowest BCUT2D eigenvalue weighted by molar-refractivity contribution is 0.143. The first-order valence-electron chi connectivity index (χ1n) is 7.02. The molecular weight excluding hydrogens is 238 g/mol. The Hall–Kier alpha value is -1.06. The van der Waals surface area contributed by atoms with Gasteiger partial charge in [0.2, 0.25) is 0 Å². The third-order valence-electron chi connectivity index (χ3n) is 4.02. The van der Waals surface area contributed by atoms with Crippen LogP contribution in [0.2, 0.25) is 0 Å². The minimum atomic E-state index is -0.0226. The van der Waals surface area contributed by atoms with Gasteiger partial charge in [0.15, 0.2) is 0 Å². The number of ether oxygens (including phenoxy) is 1. The van der Waals surface area contributed by atoms with Gasteiger partial charge in [-0.25, -0.2) is 0 Å². The standard InChI is InChI=1S/C16H25NO2/c1-16(2,11-18)10-17-14-8-13(9-14)12-4-6-15(19-3)7-5-12/h4-7,13-14,17-18H,8-11H2,1-3H3. The lowest BCUT2D eigenvalue weighted by Crippen LogP contribution is -2.44. The lowest BCUT2D eigenvalue weighted by Gasteiger charge is -2.38. The number of nitrogens with one attached hydrogen (secondary N) is 1. The van der Waals surface area contributed by atoms with E-state index in [0.717, 1.165) is 12.3 Å². The zero-order valence-corrected chi connectivity index (χ0v) is 12.1. The van der Waals surface area contributed by atoms with E-state index in [2.05, 4.69) is 31.3 Å². The molecule has 3 nitrogen and oxygen atoms in total. The molecule has 0 unspecified atom stereocenters. The van der Waals surface area contributed by atoms with Crippen LogP contribution in [0.15, 0.2) is 24.3 Å². The molecule has 1 aromatic rings. The van der Waals surface area contributed by atoms with E-state index in [1.807, 2.05) is 12.1 Å². The van der Waals surface area contributed by atoms with Gasteiger partial charge in [0.05, 0.1) is 7.11 Å². The highest BCUT2D eigenvalue weighted by molar-refractivity contribution is 5.30. The second kappa shape index (κ2) is 5.93. The van der Waals surface area contributed by atoms with Crippen LogP contribution >= 0.6 is 0 Å². The number of rotatable bonds is 6. The van der Waals surface area contributed by atoms with Crippen molar-refractivity contribution in [3.8, 4) is 5.75 Å². The number of benzene rings is 1. The van der Waals surface area contributed by atoms with Gasteiger partial charge in [0.25, 0.3) is 0 Å². The molecule has 1 aliphatic carbocycles. The second-order valence-corrected chi connectivity index (χ2v) is 6.34. The molecule has 1 aliphatic rings. The molecule has 0 atom stereocenters. The summed E-state index contributed by atoms with van der Waals surface area (Å²) in [5.41, 5.74) is 1.38. The van der Waals surface area contributed by atoms with E-state index in [1.54, 1.807) is 7.11 Å². The Morgan fingerprint density at radius 2 is 1.89 bits per heavy atom. The third-order valence-corrected chi connectivity index (χ3v) is 4.02. The maximum atomic E-state index is 9.23. The van der Waals surface area contributed by atoms with E-state index in [4.69, 9.17) is 4.74 Å². The summed E-state index contributed by atoms with van der Waals surface area (Å²) in [6, 6.07) is 8.99. The minimum absolute atomic E-state index is 0.0226. The Kier molecular flexibility index (Phi) is 4.48. The monoisotopic (exact) mass is 263 g/mol. The van der Waals surface area contributed by atoms with Gasteiger partial charge in [-0.3, -0.25) is 0 Å². The second-order valence-electron chi connectivity index (χ2n) is 6.34. The fourth-order valence-corrected chi connectivity index (χ4v) is 2.41. The SMILES string of the molecule is COc1ccc(C2CC(NCC(C)(C)CO)C2)cc1.